The summed E-state index contributed by atoms with van der Waals surface area (Å²) in [6.45, 7) is 6.07. The first-order valence-corrected chi connectivity index (χ1v) is 14.0. The topological polar surface area (TPSA) is 95.5 Å². The van der Waals surface area contributed by atoms with Crippen LogP contribution in [0.4, 0.5) is 4.79 Å². The van der Waals surface area contributed by atoms with Crippen molar-refractivity contribution in [2.75, 3.05) is 0 Å². The highest BCUT2D eigenvalue weighted by atomic mass is 35.5. The van der Waals surface area contributed by atoms with Crippen molar-refractivity contribution in [2.24, 2.45) is 0 Å². The molecule has 1 saturated carbocycles. The predicted molar refractivity (Wildman–Crippen MR) is 140 cm³/mol. The van der Waals surface area contributed by atoms with Crippen LogP contribution in [0.25, 0.3) is 5.69 Å². The maximum atomic E-state index is 12.4. The normalized spacial score (nSPS) is 21.7. The molecule has 0 saturated heterocycles. The summed E-state index contributed by atoms with van der Waals surface area (Å²) >= 11 is 6.37. The first-order valence-electron chi connectivity index (χ1n) is 13.6. The van der Waals surface area contributed by atoms with Crippen molar-refractivity contribution in [3.05, 3.63) is 57.5 Å². The largest absolute Gasteiger partial charge is 0.528 e. The van der Waals surface area contributed by atoms with Crippen molar-refractivity contribution >= 4 is 17.8 Å². The number of halogens is 1. The zero-order chi connectivity index (χ0) is 26.4. The van der Waals surface area contributed by atoms with Crippen LogP contribution in [0.15, 0.2) is 22.7 Å². The van der Waals surface area contributed by atoms with Gasteiger partial charge in [-0.05, 0) is 89.5 Å². The van der Waals surface area contributed by atoms with Crippen LogP contribution in [-0.4, -0.2) is 36.7 Å². The number of rotatable bonds is 3. The minimum absolute atomic E-state index is 0.275. The molecule has 202 valence electrons. The lowest BCUT2D eigenvalue weighted by Gasteiger charge is -2.28. The summed E-state index contributed by atoms with van der Waals surface area (Å²) in [4.78, 5) is 18.0. The molecule has 0 amide bonds. The zero-order valence-electron chi connectivity index (χ0n) is 22.2. The Morgan fingerprint density at radius 1 is 1.05 bits per heavy atom. The number of hydroxylamine groups is 2. The first-order chi connectivity index (χ1) is 18.2. The maximum absolute atomic E-state index is 12.4. The molecule has 2 aromatic heterocycles. The van der Waals surface area contributed by atoms with Crippen molar-refractivity contribution in [1.29, 1.82) is 0 Å². The van der Waals surface area contributed by atoms with Gasteiger partial charge in [0.15, 0.2) is 5.82 Å². The average Bonchev–Trinajstić information content (AvgIpc) is 3.44. The Labute approximate surface area is 227 Å². The van der Waals surface area contributed by atoms with E-state index in [4.69, 9.17) is 25.7 Å². The molecule has 3 aliphatic rings. The lowest BCUT2D eigenvalue weighted by atomic mass is 9.78. The molecule has 3 aromatic rings. The number of hydrogen-bond acceptors (Lipinski definition) is 8. The molecule has 10 heteroatoms. The number of nitrogens with zero attached hydrogens (tertiary/aromatic N) is 5. The van der Waals surface area contributed by atoms with Gasteiger partial charge in [-0.3, -0.25) is 4.57 Å². The van der Waals surface area contributed by atoms with Crippen LogP contribution >= 0.6 is 11.6 Å². The first kappa shape index (κ1) is 25.4. The summed E-state index contributed by atoms with van der Waals surface area (Å²) in [5, 5.41) is 15.9. The molecule has 0 atom stereocenters. The molecule has 0 unspecified atom stereocenters. The molecule has 9 nitrogen and oxygen atoms in total. The summed E-state index contributed by atoms with van der Waals surface area (Å²) in [6.07, 6.45) is 7.88. The molecule has 6 rings (SSSR count). The number of aryl methyl sites for hydroxylation is 1. The quantitative estimate of drug-likeness (QED) is 0.352. The van der Waals surface area contributed by atoms with Crippen molar-refractivity contribution in [3.8, 4) is 5.69 Å². The molecule has 38 heavy (non-hydrogen) atoms. The fraction of sp³-hybridized carbons (Fsp3) is 0.571. The van der Waals surface area contributed by atoms with Crippen LogP contribution in [0, 0.1) is 0 Å². The number of benzene rings is 1. The van der Waals surface area contributed by atoms with Gasteiger partial charge in [0.2, 0.25) is 0 Å². The molecule has 1 aliphatic heterocycles. The highest BCUT2D eigenvalue weighted by Gasteiger charge is 2.34. The lowest BCUT2D eigenvalue weighted by molar-refractivity contribution is -0.155. The van der Waals surface area contributed by atoms with Crippen LogP contribution in [0.3, 0.4) is 0 Å². The molecule has 0 spiro atoms. The van der Waals surface area contributed by atoms with Gasteiger partial charge >= 0.3 is 6.16 Å². The Hall–Kier alpha value is -2.91. The molecule has 1 fully saturated rings. The fourth-order valence-corrected chi connectivity index (χ4v) is 6.25. The molecule has 0 radical (unpaired) electrons. The van der Waals surface area contributed by atoms with Gasteiger partial charge in [0.1, 0.15) is 17.2 Å². The van der Waals surface area contributed by atoms with Gasteiger partial charge in [0.05, 0.1) is 24.5 Å². The molecular formula is C28H34ClN5O4. The predicted octanol–water partition coefficient (Wildman–Crippen LogP) is 6.41. The summed E-state index contributed by atoms with van der Waals surface area (Å²) in [5.74, 6) is 3.48. The third kappa shape index (κ3) is 5.06. The third-order valence-electron chi connectivity index (χ3n) is 7.75. The Morgan fingerprint density at radius 2 is 1.82 bits per heavy atom. The van der Waals surface area contributed by atoms with Gasteiger partial charge in [-0.15, -0.1) is 15.3 Å². The van der Waals surface area contributed by atoms with E-state index in [-0.39, 0.29) is 5.92 Å². The van der Waals surface area contributed by atoms with E-state index in [0.717, 1.165) is 67.2 Å². The Balaban J connectivity index is 1.24. The van der Waals surface area contributed by atoms with E-state index >= 15 is 0 Å². The second-order valence-electron chi connectivity index (χ2n) is 11.7. The number of carbonyl (C=O) groups excluding carboxylic acids is 1. The third-order valence-corrected chi connectivity index (χ3v) is 7.99. The van der Waals surface area contributed by atoms with Gasteiger partial charge in [-0.2, -0.15) is 0 Å². The standard InChI is InChI=1S/C28H34ClN5O4/c1-28(2,3)36-27(35)38-33-15-19-14-20(29)12-13-22(19)34-24(16-33)30-31-26(34)18-10-8-17(9-11-18)25-21-6-4-5-7-23(21)37-32-25/h12-14,17-18H,4-11,15-16H2,1-3H3/t17-,18+. The number of ether oxygens (including phenoxy) is 1. The summed E-state index contributed by atoms with van der Waals surface area (Å²) < 4.78 is 13.2. The molecule has 2 aliphatic carbocycles. The fourth-order valence-electron chi connectivity index (χ4n) is 6.06. The molecule has 1 aromatic carbocycles. The van der Waals surface area contributed by atoms with Crippen LogP contribution in [0.2, 0.25) is 5.02 Å². The second-order valence-corrected chi connectivity index (χ2v) is 12.1. The average molecular weight is 540 g/mol. The number of carbonyl (C=O) groups is 1. The number of fused-ring (bicyclic) bond motifs is 4. The van der Waals surface area contributed by atoms with Crippen molar-refractivity contribution in [2.45, 2.75) is 103 Å². The lowest BCUT2D eigenvalue weighted by Crippen LogP contribution is -2.31. The van der Waals surface area contributed by atoms with Gasteiger partial charge in [-0.25, -0.2) is 4.79 Å². The van der Waals surface area contributed by atoms with Crippen molar-refractivity contribution in [1.82, 2.24) is 25.0 Å². The van der Waals surface area contributed by atoms with Crippen LogP contribution in [0.5, 0.6) is 0 Å². The van der Waals surface area contributed by atoms with Crippen LogP contribution in [-0.2, 0) is 35.5 Å². The van der Waals surface area contributed by atoms with Gasteiger partial charge in [0.25, 0.3) is 0 Å². The minimum atomic E-state index is -0.748. The number of hydrogen-bond donors (Lipinski definition) is 0. The molecule has 0 bridgehead atoms. The maximum Gasteiger partial charge on any atom is 0.528 e. The monoisotopic (exact) mass is 539 g/mol. The van der Waals surface area contributed by atoms with E-state index in [1.54, 1.807) is 25.8 Å². The van der Waals surface area contributed by atoms with Crippen molar-refractivity contribution < 1.29 is 18.9 Å². The van der Waals surface area contributed by atoms with E-state index in [0.29, 0.717) is 24.0 Å². The molecular weight excluding hydrogens is 506 g/mol. The Morgan fingerprint density at radius 3 is 2.61 bits per heavy atom. The summed E-state index contributed by atoms with van der Waals surface area (Å²) in [6, 6.07) is 5.78. The summed E-state index contributed by atoms with van der Waals surface area (Å²) in [7, 11) is 0. The molecule has 0 N–H and O–H groups in total. The SMILES string of the molecule is CC(C)(C)OC(=O)ON1Cc2cc(Cl)ccc2-n2c(nnc2[C@H]2CC[C@@H](c3noc4c3CCCC4)CC2)C1. The Bertz CT molecular complexity index is 1340. The van der Waals surface area contributed by atoms with Gasteiger partial charge < -0.3 is 14.1 Å². The van der Waals surface area contributed by atoms with E-state index in [9.17, 15) is 4.79 Å². The van der Waals surface area contributed by atoms with Crippen LogP contribution in [0.1, 0.15) is 105 Å². The van der Waals surface area contributed by atoms with E-state index in [1.807, 2.05) is 18.2 Å². The van der Waals surface area contributed by atoms with Crippen molar-refractivity contribution in [3.63, 3.8) is 0 Å². The van der Waals surface area contributed by atoms with Crippen LogP contribution < -0.4 is 0 Å². The smallest absolute Gasteiger partial charge is 0.427 e. The summed E-state index contributed by atoms with van der Waals surface area (Å²) in [5.41, 5.74) is 3.80. The minimum Gasteiger partial charge on any atom is -0.427 e. The van der Waals surface area contributed by atoms with Gasteiger partial charge in [-0.1, -0.05) is 16.8 Å². The highest BCUT2D eigenvalue weighted by molar-refractivity contribution is 6.30. The second kappa shape index (κ2) is 10.0. The van der Waals surface area contributed by atoms with Gasteiger partial charge in [0, 0.05) is 28.8 Å². The highest BCUT2D eigenvalue weighted by Crippen LogP contribution is 2.43. The Kier molecular flexibility index (Phi) is 6.68. The van der Waals surface area contributed by atoms with E-state index in [2.05, 4.69) is 19.9 Å². The molecule has 3 heterocycles. The number of aromatic nitrogens is 4. The van der Waals surface area contributed by atoms with E-state index in [1.165, 1.54) is 24.1 Å². The van der Waals surface area contributed by atoms with E-state index < -0.39 is 11.8 Å². The zero-order valence-corrected chi connectivity index (χ0v) is 23.0.